The summed E-state index contributed by atoms with van der Waals surface area (Å²) in [5.41, 5.74) is 6.02. The molecule has 22 heavy (non-hydrogen) atoms. The molecule has 0 atom stereocenters. The smallest absolute Gasteiger partial charge is 0.203 e. The molecule has 0 aliphatic carbocycles. The summed E-state index contributed by atoms with van der Waals surface area (Å²) >= 11 is 8.40. The van der Waals surface area contributed by atoms with Crippen LogP contribution in [0.4, 0.5) is 5.13 Å². The number of rotatable bonds is 4. The van der Waals surface area contributed by atoms with Crippen LogP contribution in [0.1, 0.15) is 5.56 Å². The molecule has 0 saturated carbocycles. The first-order valence-corrected chi connectivity index (χ1v) is 8.93. The lowest BCUT2D eigenvalue weighted by molar-refractivity contribution is 1.29. The molecule has 0 radical (unpaired) electrons. The topological polar surface area (TPSA) is 37.3 Å². The predicted octanol–water partition coefficient (Wildman–Crippen LogP) is 5.78. The Labute approximate surface area is 149 Å². The van der Waals surface area contributed by atoms with Gasteiger partial charge in [0, 0.05) is 19.9 Å². The second-order valence-corrected chi connectivity index (χ2v) is 7.16. The molecule has 3 aromatic rings. The van der Waals surface area contributed by atoms with Crippen LogP contribution >= 0.6 is 43.2 Å². The fourth-order valence-electron chi connectivity index (χ4n) is 1.83. The molecule has 0 spiro atoms. The Morgan fingerprint density at radius 3 is 2.64 bits per heavy atom. The third kappa shape index (κ3) is 4.03. The van der Waals surface area contributed by atoms with Gasteiger partial charge >= 0.3 is 0 Å². The van der Waals surface area contributed by atoms with Gasteiger partial charge in [-0.3, -0.25) is 5.43 Å². The summed E-state index contributed by atoms with van der Waals surface area (Å²) in [5, 5.41) is 7.00. The molecule has 1 N–H and O–H groups in total. The third-order valence-corrected chi connectivity index (χ3v) is 4.64. The van der Waals surface area contributed by atoms with Gasteiger partial charge in [0.05, 0.1) is 11.9 Å². The Kier molecular flexibility index (Phi) is 5.02. The van der Waals surface area contributed by atoms with Crippen molar-refractivity contribution < 1.29 is 0 Å². The number of hydrazone groups is 1. The van der Waals surface area contributed by atoms with E-state index in [2.05, 4.69) is 47.4 Å². The largest absolute Gasteiger partial charge is 0.253 e. The average Bonchev–Trinajstić information content (AvgIpc) is 2.97. The zero-order valence-corrected chi connectivity index (χ0v) is 15.3. The second-order valence-electron chi connectivity index (χ2n) is 4.47. The molecule has 2 aromatic carbocycles. The average molecular weight is 437 g/mol. The van der Waals surface area contributed by atoms with Crippen molar-refractivity contribution in [2.24, 2.45) is 5.10 Å². The van der Waals surface area contributed by atoms with Crippen LogP contribution in [-0.4, -0.2) is 11.2 Å². The van der Waals surface area contributed by atoms with Gasteiger partial charge in [0.2, 0.25) is 5.13 Å². The first-order valence-electron chi connectivity index (χ1n) is 6.47. The van der Waals surface area contributed by atoms with E-state index in [1.807, 2.05) is 53.9 Å². The molecular formula is C16H11Br2N3S. The molecule has 0 aliphatic rings. The van der Waals surface area contributed by atoms with Crippen molar-refractivity contribution in [3.05, 3.63) is 68.4 Å². The maximum Gasteiger partial charge on any atom is 0.203 e. The minimum atomic E-state index is 0.768. The van der Waals surface area contributed by atoms with E-state index >= 15 is 0 Å². The number of nitrogens with one attached hydrogen (secondary N) is 1. The van der Waals surface area contributed by atoms with Crippen LogP contribution in [0.5, 0.6) is 0 Å². The van der Waals surface area contributed by atoms with Gasteiger partial charge in [-0.25, -0.2) is 4.98 Å². The summed E-state index contributed by atoms with van der Waals surface area (Å²) in [4.78, 5) is 4.53. The highest BCUT2D eigenvalue weighted by atomic mass is 79.9. The lowest BCUT2D eigenvalue weighted by Gasteiger charge is -1.97. The van der Waals surface area contributed by atoms with E-state index in [-0.39, 0.29) is 0 Å². The van der Waals surface area contributed by atoms with Gasteiger partial charge in [0.15, 0.2) is 0 Å². The zero-order chi connectivity index (χ0) is 15.4. The molecule has 1 heterocycles. The molecule has 0 unspecified atom stereocenters. The van der Waals surface area contributed by atoms with Crippen LogP contribution in [0.2, 0.25) is 0 Å². The monoisotopic (exact) mass is 435 g/mol. The third-order valence-electron chi connectivity index (χ3n) is 2.87. The first kappa shape index (κ1) is 15.4. The fourth-order valence-corrected chi connectivity index (χ4v) is 3.18. The molecular weight excluding hydrogens is 426 g/mol. The standard InChI is InChI=1S/C16H11Br2N3S/c17-13-6-4-12(5-7-13)15-10-22-16(20-15)21-19-9-11-2-1-3-14(18)8-11/h1-10H,(H,20,21)/b19-9-. The molecule has 0 amide bonds. The van der Waals surface area contributed by atoms with Crippen LogP contribution in [0, 0.1) is 0 Å². The van der Waals surface area contributed by atoms with Gasteiger partial charge in [-0.2, -0.15) is 5.10 Å². The van der Waals surface area contributed by atoms with Gasteiger partial charge in [0.25, 0.3) is 0 Å². The van der Waals surface area contributed by atoms with E-state index in [0.29, 0.717) is 0 Å². The number of anilines is 1. The van der Waals surface area contributed by atoms with Crippen LogP contribution in [-0.2, 0) is 0 Å². The van der Waals surface area contributed by atoms with Crippen LogP contribution < -0.4 is 5.43 Å². The Bertz CT molecular complexity index is 797. The van der Waals surface area contributed by atoms with E-state index < -0.39 is 0 Å². The van der Waals surface area contributed by atoms with Crippen molar-refractivity contribution in [1.29, 1.82) is 0 Å². The normalized spacial score (nSPS) is 11.0. The van der Waals surface area contributed by atoms with Crippen molar-refractivity contribution >= 4 is 54.5 Å². The van der Waals surface area contributed by atoms with E-state index in [4.69, 9.17) is 0 Å². The number of nitrogens with zero attached hydrogens (tertiary/aromatic N) is 2. The highest BCUT2D eigenvalue weighted by Gasteiger charge is 2.03. The number of benzene rings is 2. The van der Waals surface area contributed by atoms with Gasteiger partial charge in [0.1, 0.15) is 0 Å². The van der Waals surface area contributed by atoms with E-state index in [1.54, 1.807) is 6.21 Å². The number of halogens is 2. The Morgan fingerprint density at radius 1 is 1.05 bits per heavy atom. The Balaban J connectivity index is 1.68. The Hall–Kier alpha value is -1.50. The molecule has 0 saturated heterocycles. The van der Waals surface area contributed by atoms with Gasteiger partial charge < -0.3 is 0 Å². The van der Waals surface area contributed by atoms with Crippen molar-refractivity contribution in [3.8, 4) is 11.3 Å². The SMILES string of the molecule is Brc1ccc(-c2csc(N/N=C\c3cccc(Br)c3)n2)cc1. The van der Waals surface area contributed by atoms with E-state index in [0.717, 1.165) is 30.9 Å². The summed E-state index contributed by atoms with van der Waals surface area (Å²) in [6, 6.07) is 16.0. The number of thiazole rings is 1. The minimum Gasteiger partial charge on any atom is -0.253 e. The fraction of sp³-hybridized carbons (Fsp3) is 0. The van der Waals surface area contributed by atoms with Gasteiger partial charge in [-0.05, 0) is 29.8 Å². The van der Waals surface area contributed by atoms with Crippen molar-refractivity contribution in [3.63, 3.8) is 0 Å². The lowest BCUT2D eigenvalue weighted by atomic mass is 10.2. The van der Waals surface area contributed by atoms with Crippen molar-refractivity contribution in [1.82, 2.24) is 4.98 Å². The number of aromatic nitrogens is 1. The molecule has 6 heteroatoms. The number of hydrogen-bond donors (Lipinski definition) is 1. The predicted molar refractivity (Wildman–Crippen MR) is 101 cm³/mol. The second kappa shape index (κ2) is 7.17. The molecule has 0 fully saturated rings. The van der Waals surface area contributed by atoms with E-state index in [1.165, 1.54) is 11.3 Å². The van der Waals surface area contributed by atoms with Gasteiger partial charge in [-0.15, -0.1) is 11.3 Å². The summed E-state index contributed by atoms with van der Waals surface area (Å²) in [5.74, 6) is 0. The van der Waals surface area contributed by atoms with Crippen LogP contribution in [0.25, 0.3) is 11.3 Å². The molecule has 0 aliphatic heterocycles. The molecule has 1 aromatic heterocycles. The minimum absolute atomic E-state index is 0.768. The van der Waals surface area contributed by atoms with Gasteiger partial charge in [-0.1, -0.05) is 56.1 Å². The van der Waals surface area contributed by atoms with E-state index in [9.17, 15) is 0 Å². The first-order chi connectivity index (χ1) is 10.7. The zero-order valence-electron chi connectivity index (χ0n) is 11.3. The summed E-state index contributed by atoms with van der Waals surface area (Å²) in [7, 11) is 0. The van der Waals surface area contributed by atoms with Crippen LogP contribution in [0.15, 0.2) is 68.0 Å². The Morgan fingerprint density at radius 2 is 1.86 bits per heavy atom. The molecule has 0 bridgehead atoms. The highest BCUT2D eigenvalue weighted by Crippen LogP contribution is 2.26. The lowest BCUT2D eigenvalue weighted by Crippen LogP contribution is -1.90. The van der Waals surface area contributed by atoms with Crippen molar-refractivity contribution in [2.45, 2.75) is 0 Å². The summed E-state index contributed by atoms with van der Waals surface area (Å²) in [6.07, 6.45) is 1.77. The van der Waals surface area contributed by atoms with Crippen LogP contribution in [0.3, 0.4) is 0 Å². The highest BCUT2D eigenvalue weighted by molar-refractivity contribution is 9.10. The maximum atomic E-state index is 4.53. The van der Waals surface area contributed by atoms with Crippen molar-refractivity contribution in [2.75, 3.05) is 5.43 Å². The number of hydrogen-bond acceptors (Lipinski definition) is 4. The molecule has 110 valence electrons. The summed E-state index contributed by atoms with van der Waals surface area (Å²) in [6.45, 7) is 0. The summed E-state index contributed by atoms with van der Waals surface area (Å²) < 4.78 is 2.09. The molecule has 3 rings (SSSR count). The quantitative estimate of drug-likeness (QED) is 0.415. The molecule has 3 nitrogen and oxygen atoms in total. The maximum absolute atomic E-state index is 4.53.